The minimum absolute atomic E-state index is 0.144. The third-order valence-corrected chi connectivity index (χ3v) is 4.02. The van der Waals surface area contributed by atoms with Gasteiger partial charge in [0.1, 0.15) is 5.75 Å². The fourth-order valence-corrected chi connectivity index (χ4v) is 2.88. The molecule has 1 unspecified atom stereocenters. The smallest absolute Gasteiger partial charge is 0.272 e. The van der Waals surface area contributed by atoms with Crippen molar-refractivity contribution in [3.8, 4) is 5.75 Å². The van der Waals surface area contributed by atoms with Crippen molar-refractivity contribution < 1.29 is 9.53 Å². The number of anilines is 1. The molecule has 0 bridgehead atoms. The molecule has 3 N–H and O–H groups in total. The number of H-pyrrole nitrogens is 2. The fraction of sp³-hybridized carbons (Fsp3) is 0.118. The first-order chi connectivity index (χ1) is 11.6. The van der Waals surface area contributed by atoms with Gasteiger partial charge in [-0.3, -0.25) is 24.6 Å². The van der Waals surface area contributed by atoms with E-state index in [-0.39, 0.29) is 22.4 Å². The summed E-state index contributed by atoms with van der Waals surface area (Å²) in [4.78, 5) is 36.3. The largest absolute Gasteiger partial charge is 0.480 e. The molecule has 0 saturated carbocycles. The fourth-order valence-electron chi connectivity index (χ4n) is 2.88. The number of amides is 1. The number of rotatable bonds is 2. The zero-order valence-electron chi connectivity index (χ0n) is 12.5. The van der Waals surface area contributed by atoms with Gasteiger partial charge in [0.2, 0.25) is 0 Å². The van der Waals surface area contributed by atoms with Gasteiger partial charge in [-0.1, -0.05) is 24.3 Å². The number of hydrogen-bond acceptors (Lipinski definition) is 4. The van der Waals surface area contributed by atoms with Gasteiger partial charge >= 0.3 is 0 Å². The van der Waals surface area contributed by atoms with Crippen LogP contribution < -0.4 is 21.2 Å². The van der Waals surface area contributed by atoms with Gasteiger partial charge in [0, 0.05) is 6.42 Å². The average Bonchev–Trinajstić information content (AvgIpc) is 3.02. The highest BCUT2D eigenvalue weighted by molar-refractivity contribution is 6.03. The van der Waals surface area contributed by atoms with E-state index in [1.165, 1.54) is 6.07 Å². The molecule has 4 rings (SSSR count). The van der Waals surface area contributed by atoms with Gasteiger partial charge in [-0.2, -0.15) is 0 Å². The van der Waals surface area contributed by atoms with Crippen molar-refractivity contribution in [2.24, 2.45) is 0 Å². The minimum Gasteiger partial charge on any atom is -0.480 e. The topological polar surface area (TPSA) is 104 Å². The lowest BCUT2D eigenvalue weighted by Crippen LogP contribution is -2.32. The maximum absolute atomic E-state index is 12.5. The van der Waals surface area contributed by atoms with Gasteiger partial charge in [0.15, 0.2) is 6.10 Å². The van der Waals surface area contributed by atoms with Crippen LogP contribution in [0.4, 0.5) is 5.69 Å². The molecule has 0 radical (unpaired) electrons. The summed E-state index contributed by atoms with van der Waals surface area (Å²) in [5, 5.41) is 7.58. The molecule has 2 aromatic carbocycles. The summed E-state index contributed by atoms with van der Waals surface area (Å²) in [7, 11) is 0. The highest BCUT2D eigenvalue weighted by Gasteiger charge is 2.29. The Bertz CT molecular complexity index is 1040. The Morgan fingerprint density at radius 3 is 2.67 bits per heavy atom. The van der Waals surface area contributed by atoms with Crippen LogP contribution in [0.3, 0.4) is 0 Å². The number of carbonyl (C=O) groups is 1. The molecule has 7 heteroatoms. The Labute approximate surface area is 135 Å². The minimum atomic E-state index is -0.668. The number of ether oxygens (including phenoxy) is 1. The lowest BCUT2D eigenvalue weighted by atomic mass is 10.1. The number of fused-ring (bicyclic) bond motifs is 2. The van der Waals surface area contributed by atoms with Crippen LogP contribution in [-0.2, 0) is 11.2 Å². The normalized spacial score (nSPS) is 15.8. The number of hydrogen-bond donors (Lipinski definition) is 3. The Morgan fingerprint density at radius 2 is 1.83 bits per heavy atom. The van der Waals surface area contributed by atoms with Crippen molar-refractivity contribution in [3.63, 3.8) is 0 Å². The molecule has 1 aliphatic heterocycles. The van der Waals surface area contributed by atoms with E-state index >= 15 is 0 Å². The third kappa shape index (κ3) is 2.26. The molecule has 1 atom stereocenters. The third-order valence-electron chi connectivity index (χ3n) is 4.02. The summed E-state index contributed by atoms with van der Waals surface area (Å²) in [6, 6.07) is 12.2. The summed E-state index contributed by atoms with van der Waals surface area (Å²) in [5.41, 5.74) is 0.343. The molecular weight excluding hydrogens is 310 g/mol. The Hall–Kier alpha value is -3.35. The molecule has 3 aromatic rings. The van der Waals surface area contributed by atoms with Gasteiger partial charge in [-0.25, -0.2) is 0 Å². The average molecular weight is 323 g/mol. The first-order valence-corrected chi connectivity index (χ1v) is 7.42. The van der Waals surface area contributed by atoms with Gasteiger partial charge < -0.3 is 10.1 Å². The van der Waals surface area contributed by atoms with E-state index in [2.05, 4.69) is 15.5 Å². The number of aromatic nitrogens is 2. The second kappa shape index (κ2) is 5.38. The number of carbonyl (C=O) groups excluding carboxylic acids is 1. The number of para-hydroxylation sites is 1. The summed E-state index contributed by atoms with van der Waals surface area (Å²) >= 11 is 0. The number of aromatic amines is 2. The van der Waals surface area contributed by atoms with Crippen molar-refractivity contribution >= 4 is 22.4 Å². The number of benzene rings is 2. The molecule has 24 heavy (non-hydrogen) atoms. The van der Waals surface area contributed by atoms with Gasteiger partial charge in [-0.05, 0) is 23.8 Å². The molecule has 7 nitrogen and oxygen atoms in total. The predicted molar refractivity (Wildman–Crippen MR) is 88.4 cm³/mol. The Morgan fingerprint density at radius 1 is 1.04 bits per heavy atom. The van der Waals surface area contributed by atoms with E-state index in [4.69, 9.17) is 4.74 Å². The van der Waals surface area contributed by atoms with Crippen LogP contribution in [0.1, 0.15) is 5.56 Å². The van der Waals surface area contributed by atoms with Crippen LogP contribution >= 0.6 is 0 Å². The van der Waals surface area contributed by atoms with E-state index in [1.54, 1.807) is 12.1 Å². The standard InChI is InChI=1S/C17H13N3O4/c21-15-10-5-3-6-11(14(10)17(23)20-19-15)18-16(22)13-8-9-4-1-2-7-12(9)24-13/h1-7,13H,8H2,(H,18,22)(H,19,21)(H,20,23). The molecule has 2 heterocycles. The summed E-state index contributed by atoms with van der Waals surface area (Å²) in [6.07, 6.45) is -0.206. The van der Waals surface area contributed by atoms with E-state index in [0.29, 0.717) is 12.2 Å². The van der Waals surface area contributed by atoms with E-state index < -0.39 is 17.2 Å². The zero-order valence-corrected chi connectivity index (χ0v) is 12.5. The maximum atomic E-state index is 12.5. The molecule has 120 valence electrons. The monoisotopic (exact) mass is 323 g/mol. The summed E-state index contributed by atoms with van der Waals surface area (Å²) < 4.78 is 5.64. The predicted octanol–water partition coefficient (Wildman–Crippen LogP) is 1.16. The lowest BCUT2D eigenvalue weighted by molar-refractivity contribution is -0.122. The highest BCUT2D eigenvalue weighted by Crippen LogP contribution is 2.29. The first-order valence-electron chi connectivity index (χ1n) is 7.42. The Balaban J connectivity index is 1.66. The maximum Gasteiger partial charge on any atom is 0.272 e. The van der Waals surface area contributed by atoms with E-state index in [9.17, 15) is 14.4 Å². The van der Waals surface area contributed by atoms with Crippen LogP contribution in [0, 0.1) is 0 Å². The van der Waals surface area contributed by atoms with Crippen molar-refractivity contribution in [2.45, 2.75) is 12.5 Å². The van der Waals surface area contributed by atoms with Crippen LogP contribution in [-0.4, -0.2) is 22.2 Å². The molecule has 0 fully saturated rings. The van der Waals surface area contributed by atoms with Gasteiger partial charge in [-0.15, -0.1) is 0 Å². The molecule has 0 spiro atoms. The second-order valence-electron chi connectivity index (χ2n) is 5.54. The van der Waals surface area contributed by atoms with Crippen LogP contribution in [0.5, 0.6) is 5.75 Å². The molecule has 0 aliphatic carbocycles. The molecule has 1 amide bonds. The van der Waals surface area contributed by atoms with Crippen molar-refractivity contribution in [3.05, 3.63) is 68.7 Å². The first kappa shape index (κ1) is 14.3. The van der Waals surface area contributed by atoms with Crippen LogP contribution in [0.2, 0.25) is 0 Å². The van der Waals surface area contributed by atoms with E-state index in [1.807, 2.05) is 24.3 Å². The molecule has 0 saturated heterocycles. The highest BCUT2D eigenvalue weighted by atomic mass is 16.5. The molecule has 1 aromatic heterocycles. The van der Waals surface area contributed by atoms with Crippen molar-refractivity contribution in [1.29, 1.82) is 0 Å². The molecule has 1 aliphatic rings. The second-order valence-corrected chi connectivity index (χ2v) is 5.54. The lowest BCUT2D eigenvalue weighted by Gasteiger charge is -2.12. The SMILES string of the molecule is O=C(Nc1cccc2c(=O)[nH][nH]c(=O)c12)C1Cc2ccccc2O1. The quantitative estimate of drug-likeness (QED) is 0.658. The Kier molecular flexibility index (Phi) is 3.19. The van der Waals surface area contributed by atoms with Gasteiger partial charge in [0.05, 0.1) is 16.5 Å². The van der Waals surface area contributed by atoms with E-state index in [0.717, 1.165) is 5.56 Å². The van der Waals surface area contributed by atoms with Crippen LogP contribution in [0.25, 0.3) is 10.8 Å². The van der Waals surface area contributed by atoms with Crippen molar-refractivity contribution in [2.75, 3.05) is 5.32 Å². The van der Waals surface area contributed by atoms with Crippen molar-refractivity contribution in [1.82, 2.24) is 10.2 Å². The number of nitrogens with one attached hydrogen (secondary N) is 3. The molecular formula is C17H13N3O4. The van der Waals surface area contributed by atoms with Crippen LogP contribution in [0.15, 0.2) is 52.1 Å². The van der Waals surface area contributed by atoms with Gasteiger partial charge in [0.25, 0.3) is 17.0 Å². The summed E-state index contributed by atoms with van der Waals surface area (Å²) in [6.45, 7) is 0. The summed E-state index contributed by atoms with van der Waals surface area (Å²) in [5.74, 6) is 0.322. The zero-order chi connectivity index (χ0) is 16.7.